The van der Waals surface area contributed by atoms with Gasteiger partial charge in [-0.05, 0) is 32.6 Å². The molecule has 0 bridgehead atoms. The van der Waals surface area contributed by atoms with Gasteiger partial charge in [0.25, 0.3) is 0 Å². The Hall–Kier alpha value is -1.57. The summed E-state index contributed by atoms with van der Waals surface area (Å²) in [5.74, 6) is 2.09. The average molecular weight is 287 g/mol. The zero-order valence-corrected chi connectivity index (χ0v) is 12.4. The summed E-state index contributed by atoms with van der Waals surface area (Å²) in [7, 11) is 0. The van der Waals surface area contributed by atoms with Gasteiger partial charge >= 0.3 is 0 Å². The molecule has 1 aromatic heterocycles. The van der Waals surface area contributed by atoms with E-state index in [9.17, 15) is 0 Å². The number of allylic oxidation sites excluding steroid dienone is 1. The molecule has 4 nitrogen and oxygen atoms in total. The van der Waals surface area contributed by atoms with Crippen molar-refractivity contribution < 1.29 is 14.0 Å². The van der Waals surface area contributed by atoms with Crippen LogP contribution in [-0.2, 0) is 15.1 Å². The molecule has 3 rings (SSSR count). The predicted molar refractivity (Wildman–Crippen MR) is 78.2 cm³/mol. The van der Waals surface area contributed by atoms with Crippen molar-refractivity contribution in [3.05, 3.63) is 30.7 Å². The van der Waals surface area contributed by atoms with Crippen molar-refractivity contribution in [1.29, 1.82) is 0 Å². The van der Waals surface area contributed by atoms with E-state index in [2.05, 4.69) is 17.7 Å². The van der Waals surface area contributed by atoms with Crippen LogP contribution in [0.25, 0.3) is 0 Å². The van der Waals surface area contributed by atoms with E-state index in [1.54, 1.807) is 6.07 Å². The minimum atomic E-state index is -0.950. The summed E-state index contributed by atoms with van der Waals surface area (Å²) >= 11 is 0. The number of hydrogen-bond donors (Lipinski definition) is 0. The lowest BCUT2D eigenvalue weighted by Gasteiger charge is -2.42. The molecule has 0 spiro atoms. The molecular formula is C17H21NO3. The first kappa shape index (κ1) is 14.4. The molecule has 2 fully saturated rings. The molecule has 2 heterocycles. The van der Waals surface area contributed by atoms with Crippen molar-refractivity contribution in [3.63, 3.8) is 0 Å². The van der Waals surface area contributed by atoms with Crippen molar-refractivity contribution in [2.24, 2.45) is 5.41 Å². The zero-order valence-electron chi connectivity index (χ0n) is 12.4. The molecule has 21 heavy (non-hydrogen) atoms. The number of hydrogen-bond acceptors (Lipinski definition) is 4. The highest BCUT2D eigenvalue weighted by atomic mass is 16.7. The fourth-order valence-electron chi connectivity index (χ4n) is 3.84. The van der Waals surface area contributed by atoms with Gasteiger partial charge in [0.15, 0.2) is 11.4 Å². The largest absolute Gasteiger partial charge is 0.364 e. The minimum Gasteiger partial charge on any atom is -0.364 e. The van der Waals surface area contributed by atoms with E-state index in [4.69, 9.17) is 20.4 Å². The molecule has 0 aromatic carbocycles. The van der Waals surface area contributed by atoms with Gasteiger partial charge in [-0.3, -0.25) is 0 Å². The lowest BCUT2D eigenvalue weighted by atomic mass is 9.77. The highest BCUT2D eigenvalue weighted by Gasteiger charge is 2.62. The molecule has 0 unspecified atom stereocenters. The van der Waals surface area contributed by atoms with Crippen LogP contribution in [0.15, 0.2) is 29.5 Å². The van der Waals surface area contributed by atoms with Crippen LogP contribution < -0.4 is 0 Å². The fourth-order valence-corrected chi connectivity index (χ4v) is 3.84. The SMILES string of the molecule is C#C[C@@](C)(O[C@@]12CCC[C@]1(CC=C)CCO2)c1ccon1. The van der Waals surface area contributed by atoms with Crippen LogP contribution in [0.2, 0.25) is 0 Å². The summed E-state index contributed by atoms with van der Waals surface area (Å²) in [6.45, 7) is 6.45. The summed E-state index contributed by atoms with van der Waals surface area (Å²) < 4.78 is 17.4. The zero-order chi connectivity index (χ0) is 15.0. The summed E-state index contributed by atoms with van der Waals surface area (Å²) in [6.07, 6.45) is 14.1. The maximum atomic E-state index is 6.43. The van der Waals surface area contributed by atoms with Crippen molar-refractivity contribution in [1.82, 2.24) is 5.16 Å². The summed E-state index contributed by atoms with van der Waals surface area (Å²) in [4.78, 5) is 0. The third-order valence-corrected chi connectivity index (χ3v) is 4.99. The van der Waals surface area contributed by atoms with Gasteiger partial charge in [-0.2, -0.15) is 0 Å². The maximum absolute atomic E-state index is 6.43. The number of aromatic nitrogens is 1. The number of nitrogens with zero attached hydrogens (tertiary/aromatic N) is 1. The first-order valence-corrected chi connectivity index (χ1v) is 7.43. The second kappa shape index (κ2) is 5.01. The maximum Gasteiger partial charge on any atom is 0.176 e. The van der Waals surface area contributed by atoms with E-state index in [1.165, 1.54) is 6.26 Å². The molecule has 112 valence electrons. The Kier molecular flexibility index (Phi) is 3.43. The van der Waals surface area contributed by atoms with Gasteiger partial charge in [0.2, 0.25) is 0 Å². The Morgan fingerprint density at radius 1 is 1.57 bits per heavy atom. The summed E-state index contributed by atoms with van der Waals surface area (Å²) in [5, 5.41) is 3.96. The molecule has 4 heteroatoms. The Morgan fingerprint density at radius 2 is 2.43 bits per heavy atom. The standard InChI is InChI=1S/C17H21NO3/c1-4-8-16-9-6-10-17(16,19-13-11-16)21-15(3,5-2)14-7-12-20-18-14/h2,4,7,12H,1,6,8-11,13H2,3H3/t15-,16-,17+/m1/s1. The van der Waals surface area contributed by atoms with E-state index in [-0.39, 0.29) is 5.41 Å². The second-order valence-corrected chi connectivity index (χ2v) is 6.14. The third-order valence-electron chi connectivity index (χ3n) is 4.99. The molecule has 1 saturated carbocycles. The van der Waals surface area contributed by atoms with Crippen molar-refractivity contribution in [3.8, 4) is 12.3 Å². The van der Waals surface area contributed by atoms with E-state index in [1.807, 2.05) is 13.0 Å². The third kappa shape index (κ3) is 2.04. The van der Waals surface area contributed by atoms with Crippen molar-refractivity contribution in [2.75, 3.05) is 6.61 Å². The number of terminal acetylenes is 1. The van der Waals surface area contributed by atoms with Gasteiger partial charge in [-0.25, -0.2) is 0 Å². The van der Waals surface area contributed by atoms with Gasteiger partial charge in [0.1, 0.15) is 12.0 Å². The van der Waals surface area contributed by atoms with Crippen molar-refractivity contribution in [2.45, 2.75) is 50.4 Å². The number of rotatable bonds is 5. The fraction of sp³-hybridized carbons (Fsp3) is 0.588. The molecule has 0 radical (unpaired) electrons. The van der Waals surface area contributed by atoms with Gasteiger partial charge in [0, 0.05) is 17.9 Å². The predicted octanol–water partition coefficient (Wildman–Crippen LogP) is 3.40. The van der Waals surface area contributed by atoms with Crippen LogP contribution >= 0.6 is 0 Å². The number of ether oxygens (including phenoxy) is 2. The Balaban J connectivity index is 1.95. The second-order valence-electron chi connectivity index (χ2n) is 6.14. The topological polar surface area (TPSA) is 44.5 Å². The molecule has 1 aliphatic heterocycles. The first-order valence-electron chi connectivity index (χ1n) is 7.43. The normalized spacial score (nSPS) is 34.1. The van der Waals surface area contributed by atoms with E-state index < -0.39 is 11.4 Å². The van der Waals surface area contributed by atoms with Crippen LogP contribution in [-0.4, -0.2) is 17.6 Å². The van der Waals surface area contributed by atoms with E-state index in [0.717, 1.165) is 32.1 Å². The van der Waals surface area contributed by atoms with Crippen LogP contribution in [0.5, 0.6) is 0 Å². The van der Waals surface area contributed by atoms with Gasteiger partial charge < -0.3 is 14.0 Å². The van der Waals surface area contributed by atoms with Crippen LogP contribution in [0.4, 0.5) is 0 Å². The molecule has 0 N–H and O–H groups in total. The number of fused-ring (bicyclic) bond motifs is 1. The van der Waals surface area contributed by atoms with E-state index >= 15 is 0 Å². The monoisotopic (exact) mass is 287 g/mol. The Bertz CT molecular complexity index is 547. The Morgan fingerprint density at radius 3 is 3.10 bits per heavy atom. The molecule has 2 aliphatic rings. The smallest absolute Gasteiger partial charge is 0.176 e. The first-order chi connectivity index (χ1) is 10.1. The minimum absolute atomic E-state index is 0.0173. The van der Waals surface area contributed by atoms with Crippen LogP contribution in [0.3, 0.4) is 0 Å². The lowest BCUT2D eigenvalue weighted by Crippen LogP contribution is -2.48. The highest BCUT2D eigenvalue weighted by Crippen LogP contribution is 2.59. The van der Waals surface area contributed by atoms with E-state index in [0.29, 0.717) is 12.3 Å². The Labute approximate surface area is 125 Å². The quantitative estimate of drug-likeness (QED) is 0.615. The van der Waals surface area contributed by atoms with Gasteiger partial charge in [-0.15, -0.1) is 13.0 Å². The highest BCUT2D eigenvalue weighted by molar-refractivity contribution is 5.22. The van der Waals surface area contributed by atoms with Crippen LogP contribution in [0.1, 0.15) is 44.7 Å². The summed E-state index contributed by atoms with van der Waals surface area (Å²) in [5.41, 5.74) is -0.362. The molecule has 1 aliphatic carbocycles. The van der Waals surface area contributed by atoms with Crippen LogP contribution in [0, 0.1) is 17.8 Å². The molecular weight excluding hydrogens is 266 g/mol. The summed E-state index contributed by atoms with van der Waals surface area (Å²) in [6, 6.07) is 1.75. The molecule has 3 atom stereocenters. The van der Waals surface area contributed by atoms with Crippen molar-refractivity contribution >= 4 is 0 Å². The van der Waals surface area contributed by atoms with Gasteiger partial charge in [0.05, 0.1) is 6.61 Å². The van der Waals surface area contributed by atoms with Gasteiger partial charge in [-0.1, -0.05) is 17.2 Å². The molecule has 1 aromatic rings. The average Bonchev–Trinajstić information content (AvgIpc) is 3.14. The molecule has 0 amide bonds. The lowest BCUT2D eigenvalue weighted by molar-refractivity contribution is -0.286. The molecule has 1 saturated heterocycles.